The van der Waals surface area contributed by atoms with Gasteiger partial charge >= 0.3 is 18.0 Å². The number of hydrogen-bond donors (Lipinski definition) is 4. The molecule has 0 spiro atoms. The molecule has 0 aromatic heterocycles. The first-order valence-corrected chi connectivity index (χ1v) is 9.61. The highest BCUT2D eigenvalue weighted by Crippen LogP contribution is 2.06. The summed E-state index contributed by atoms with van der Waals surface area (Å²) in [5, 5.41) is 23.1. The van der Waals surface area contributed by atoms with E-state index in [-0.39, 0.29) is 19.4 Å². The van der Waals surface area contributed by atoms with E-state index in [0.717, 1.165) is 5.56 Å². The molecule has 0 aliphatic rings. The van der Waals surface area contributed by atoms with E-state index >= 15 is 0 Å². The molecule has 9 heteroatoms. The van der Waals surface area contributed by atoms with Crippen LogP contribution in [0.25, 0.3) is 0 Å². The summed E-state index contributed by atoms with van der Waals surface area (Å²) in [6.45, 7) is -0.0360. The average molecular weight is 428 g/mol. The van der Waals surface area contributed by atoms with Crippen molar-refractivity contribution < 1.29 is 34.1 Å². The van der Waals surface area contributed by atoms with E-state index in [1.165, 1.54) is 0 Å². The van der Waals surface area contributed by atoms with Gasteiger partial charge in [-0.1, -0.05) is 60.7 Å². The van der Waals surface area contributed by atoms with E-state index in [4.69, 9.17) is 9.84 Å². The zero-order valence-corrected chi connectivity index (χ0v) is 16.7. The molecule has 0 saturated carbocycles. The lowest BCUT2D eigenvalue weighted by Crippen LogP contribution is -2.52. The Balaban J connectivity index is 2.00. The standard InChI is InChI=1S/C22H24N2O7/c25-19(26)12-11-17(24-22(30)31-14-16-9-5-2-6-10-16)20(27)23-18(21(28)29)13-15-7-3-1-4-8-15/h1-10,17-18H,11-14H2,(H,23,27)(H,24,30)(H,25,26)(H,28,29)/t17-,18+/m0/s1. The first-order valence-electron chi connectivity index (χ1n) is 9.61. The molecule has 2 aromatic rings. The molecule has 0 aliphatic heterocycles. The number of nitrogens with one attached hydrogen (secondary N) is 2. The number of alkyl carbamates (subject to hydrolysis) is 1. The lowest BCUT2D eigenvalue weighted by Gasteiger charge is -2.21. The van der Waals surface area contributed by atoms with Crippen LogP contribution < -0.4 is 10.6 Å². The summed E-state index contributed by atoms with van der Waals surface area (Å²) in [5.41, 5.74) is 1.44. The van der Waals surface area contributed by atoms with Crippen LogP contribution in [0.15, 0.2) is 60.7 Å². The number of carbonyl (C=O) groups is 4. The molecule has 0 bridgehead atoms. The van der Waals surface area contributed by atoms with Crippen LogP contribution in [-0.4, -0.2) is 46.2 Å². The molecule has 164 valence electrons. The predicted molar refractivity (Wildman–Crippen MR) is 110 cm³/mol. The molecule has 0 radical (unpaired) electrons. The van der Waals surface area contributed by atoms with Gasteiger partial charge in [-0.15, -0.1) is 0 Å². The number of carbonyl (C=O) groups excluding carboxylic acids is 2. The number of amides is 2. The molecule has 0 fully saturated rings. The van der Waals surface area contributed by atoms with Crippen molar-refractivity contribution in [3.8, 4) is 0 Å². The molecule has 2 aromatic carbocycles. The fourth-order valence-corrected chi connectivity index (χ4v) is 2.77. The third-order valence-corrected chi connectivity index (χ3v) is 4.37. The zero-order chi connectivity index (χ0) is 22.6. The topological polar surface area (TPSA) is 142 Å². The predicted octanol–water partition coefficient (Wildman–Crippen LogP) is 1.96. The third-order valence-electron chi connectivity index (χ3n) is 4.37. The first-order chi connectivity index (χ1) is 14.8. The maximum atomic E-state index is 12.6. The molecule has 9 nitrogen and oxygen atoms in total. The molecular formula is C22H24N2O7. The number of carboxylic acids is 2. The summed E-state index contributed by atoms with van der Waals surface area (Å²) in [4.78, 5) is 47.3. The Morgan fingerprint density at radius 2 is 1.39 bits per heavy atom. The maximum absolute atomic E-state index is 12.6. The van der Waals surface area contributed by atoms with Crippen molar-refractivity contribution in [1.29, 1.82) is 0 Å². The van der Waals surface area contributed by atoms with E-state index in [0.29, 0.717) is 5.56 Å². The second-order valence-corrected chi connectivity index (χ2v) is 6.78. The minimum Gasteiger partial charge on any atom is -0.481 e. The van der Waals surface area contributed by atoms with Crippen molar-refractivity contribution in [3.05, 3.63) is 71.8 Å². The minimum absolute atomic E-state index is 0.0337. The Morgan fingerprint density at radius 3 is 1.94 bits per heavy atom. The average Bonchev–Trinajstić information content (AvgIpc) is 2.75. The number of hydrogen-bond acceptors (Lipinski definition) is 5. The van der Waals surface area contributed by atoms with E-state index in [1.54, 1.807) is 54.6 Å². The normalized spacial score (nSPS) is 12.3. The van der Waals surface area contributed by atoms with Gasteiger partial charge in [0.05, 0.1) is 0 Å². The molecule has 0 saturated heterocycles. The minimum atomic E-state index is -1.27. The SMILES string of the molecule is O=C(O)CC[C@H](NC(=O)OCc1ccccc1)C(=O)N[C@H](Cc1ccccc1)C(=O)O. The van der Waals surface area contributed by atoms with Crippen LogP contribution >= 0.6 is 0 Å². The van der Waals surface area contributed by atoms with Gasteiger partial charge in [0.15, 0.2) is 0 Å². The number of benzene rings is 2. The maximum Gasteiger partial charge on any atom is 0.408 e. The Hall–Kier alpha value is -3.88. The zero-order valence-electron chi connectivity index (χ0n) is 16.7. The van der Waals surface area contributed by atoms with E-state index in [2.05, 4.69) is 10.6 Å². The summed E-state index contributed by atoms with van der Waals surface area (Å²) in [6.07, 6.45) is -1.50. The highest BCUT2D eigenvalue weighted by molar-refractivity contribution is 5.89. The van der Waals surface area contributed by atoms with Crippen LogP contribution in [0.1, 0.15) is 24.0 Å². The van der Waals surface area contributed by atoms with Crippen molar-refractivity contribution in [2.24, 2.45) is 0 Å². The lowest BCUT2D eigenvalue weighted by atomic mass is 10.0. The van der Waals surface area contributed by atoms with Crippen molar-refractivity contribution >= 4 is 23.9 Å². The molecule has 2 atom stereocenters. The second-order valence-electron chi connectivity index (χ2n) is 6.78. The largest absolute Gasteiger partial charge is 0.481 e. The Morgan fingerprint density at radius 1 is 0.806 bits per heavy atom. The molecule has 0 unspecified atom stereocenters. The van der Waals surface area contributed by atoms with Crippen molar-refractivity contribution in [3.63, 3.8) is 0 Å². The van der Waals surface area contributed by atoms with Gasteiger partial charge in [-0.2, -0.15) is 0 Å². The summed E-state index contributed by atoms with van der Waals surface area (Å²) in [5.74, 6) is -3.21. The Labute approximate surface area is 179 Å². The Kier molecular flexibility index (Phi) is 9.03. The van der Waals surface area contributed by atoms with Crippen LogP contribution in [-0.2, 0) is 32.1 Å². The fraction of sp³-hybridized carbons (Fsp3) is 0.273. The lowest BCUT2D eigenvalue weighted by molar-refractivity contribution is -0.142. The molecule has 0 heterocycles. The van der Waals surface area contributed by atoms with Crippen LogP contribution in [0.2, 0.25) is 0 Å². The van der Waals surface area contributed by atoms with Gasteiger partial charge in [0, 0.05) is 12.8 Å². The van der Waals surface area contributed by atoms with Gasteiger partial charge in [0.2, 0.25) is 5.91 Å². The van der Waals surface area contributed by atoms with Gasteiger partial charge in [-0.25, -0.2) is 9.59 Å². The summed E-state index contributed by atoms with van der Waals surface area (Å²) >= 11 is 0. The van der Waals surface area contributed by atoms with Crippen LogP contribution in [0, 0.1) is 0 Å². The summed E-state index contributed by atoms with van der Waals surface area (Å²) in [6, 6.07) is 15.1. The van der Waals surface area contributed by atoms with Crippen LogP contribution in [0.4, 0.5) is 4.79 Å². The number of carboxylic acid groups (broad SMARTS) is 2. The van der Waals surface area contributed by atoms with Gasteiger partial charge < -0.3 is 25.6 Å². The quantitative estimate of drug-likeness (QED) is 0.428. The van der Waals surface area contributed by atoms with Crippen LogP contribution in [0.5, 0.6) is 0 Å². The Bertz CT molecular complexity index is 887. The molecule has 4 N–H and O–H groups in total. The first kappa shape index (κ1) is 23.4. The molecule has 2 amide bonds. The molecule has 31 heavy (non-hydrogen) atoms. The van der Waals surface area contributed by atoms with E-state index < -0.39 is 42.4 Å². The monoisotopic (exact) mass is 428 g/mol. The molecule has 0 aliphatic carbocycles. The molecular weight excluding hydrogens is 404 g/mol. The number of ether oxygens (including phenoxy) is 1. The fourth-order valence-electron chi connectivity index (χ4n) is 2.77. The van der Waals surface area contributed by atoms with Gasteiger partial charge in [-0.3, -0.25) is 9.59 Å². The second kappa shape index (κ2) is 12.0. The van der Waals surface area contributed by atoms with Gasteiger partial charge in [-0.05, 0) is 17.5 Å². The third kappa shape index (κ3) is 8.57. The number of aliphatic carboxylic acids is 2. The van der Waals surface area contributed by atoms with Gasteiger partial charge in [0.25, 0.3) is 0 Å². The van der Waals surface area contributed by atoms with Gasteiger partial charge in [0.1, 0.15) is 18.7 Å². The smallest absolute Gasteiger partial charge is 0.408 e. The van der Waals surface area contributed by atoms with Crippen molar-refractivity contribution in [1.82, 2.24) is 10.6 Å². The number of rotatable bonds is 11. The highest BCUT2D eigenvalue weighted by atomic mass is 16.5. The molecule has 2 rings (SSSR count). The summed E-state index contributed by atoms with van der Waals surface area (Å²) < 4.78 is 5.07. The van der Waals surface area contributed by atoms with Crippen LogP contribution in [0.3, 0.4) is 0 Å². The highest BCUT2D eigenvalue weighted by Gasteiger charge is 2.27. The summed E-state index contributed by atoms with van der Waals surface area (Å²) in [7, 11) is 0. The van der Waals surface area contributed by atoms with E-state index in [1.807, 2.05) is 6.07 Å². The van der Waals surface area contributed by atoms with Crippen molar-refractivity contribution in [2.45, 2.75) is 38.0 Å². The van der Waals surface area contributed by atoms with E-state index in [9.17, 15) is 24.3 Å². The van der Waals surface area contributed by atoms with Crippen molar-refractivity contribution in [2.75, 3.05) is 0 Å².